The van der Waals surface area contributed by atoms with Crippen molar-refractivity contribution in [2.45, 2.75) is 25.9 Å². The summed E-state index contributed by atoms with van der Waals surface area (Å²) in [5, 5.41) is 12.0. The third kappa shape index (κ3) is 2.71. The number of nitrogens with one attached hydrogen (secondary N) is 1. The SMILES string of the molecule is Cc1nnn2c1-c1ccc(Br)cc1C(Nc1ccc(F)cc1)CC2. The van der Waals surface area contributed by atoms with E-state index in [1.54, 1.807) is 12.1 Å². The van der Waals surface area contributed by atoms with Crippen molar-refractivity contribution in [3.8, 4) is 11.3 Å². The zero-order valence-corrected chi connectivity index (χ0v) is 14.7. The lowest BCUT2D eigenvalue weighted by Crippen LogP contribution is -2.12. The Kier molecular flexibility index (Phi) is 3.84. The van der Waals surface area contributed by atoms with E-state index >= 15 is 0 Å². The minimum absolute atomic E-state index is 0.115. The Labute approximate surface area is 147 Å². The summed E-state index contributed by atoms with van der Waals surface area (Å²) in [6.07, 6.45) is 0.872. The Morgan fingerprint density at radius 1 is 1.21 bits per heavy atom. The fraction of sp³-hybridized carbons (Fsp3) is 0.222. The summed E-state index contributed by atoms with van der Waals surface area (Å²) in [7, 11) is 0. The Morgan fingerprint density at radius 2 is 2.00 bits per heavy atom. The van der Waals surface area contributed by atoms with E-state index in [4.69, 9.17) is 0 Å². The van der Waals surface area contributed by atoms with Crippen molar-refractivity contribution in [2.24, 2.45) is 0 Å². The van der Waals surface area contributed by atoms with Crippen molar-refractivity contribution >= 4 is 21.6 Å². The number of halogens is 2. The Hall–Kier alpha value is -2.21. The van der Waals surface area contributed by atoms with Gasteiger partial charge in [-0.1, -0.05) is 27.2 Å². The molecule has 0 saturated carbocycles. The summed E-state index contributed by atoms with van der Waals surface area (Å²) in [6.45, 7) is 2.76. The van der Waals surface area contributed by atoms with Crippen LogP contribution in [0.2, 0.25) is 0 Å². The van der Waals surface area contributed by atoms with Crippen molar-refractivity contribution in [3.05, 3.63) is 64.0 Å². The first-order valence-electron chi connectivity index (χ1n) is 7.84. The number of hydrogen-bond donors (Lipinski definition) is 1. The number of nitrogens with zero attached hydrogens (tertiary/aromatic N) is 3. The van der Waals surface area contributed by atoms with E-state index in [1.807, 2.05) is 17.7 Å². The van der Waals surface area contributed by atoms with E-state index in [0.29, 0.717) is 0 Å². The first kappa shape index (κ1) is 15.3. The molecule has 4 nitrogen and oxygen atoms in total. The molecule has 24 heavy (non-hydrogen) atoms. The summed E-state index contributed by atoms with van der Waals surface area (Å²) in [4.78, 5) is 0. The lowest BCUT2D eigenvalue weighted by atomic mass is 9.96. The molecule has 1 N–H and O–H groups in total. The van der Waals surface area contributed by atoms with Crippen LogP contribution in [-0.4, -0.2) is 15.0 Å². The monoisotopic (exact) mass is 386 g/mol. The van der Waals surface area contributed by atoms with Crippen LogP contribution in [-0.2, 0) is 6.54 Å². The first-order chi connectivity index (χ1) is 11.6. The molecule has 1 aromatic heterocycles. The van der Waals surface area contributed by atoms with Crippen LogP contribution in [0.1, 0.15) is 23.7 Å². The summed E-state index contributed by atoms with van der Waals surface area (Å²) in [5.74, 6) is -0.230. The molecular formula is C18H16BrFN4. The van der Waals surface area contributed by atoms with Gasteiger partial charge in [0.15, 0.2) is 0 Å². The molecule has 1 unspecified atom stereocenters. The van der Waals surface area contributed by atoms with Gasteiger partial charge in [-0.15, -0.1) is 5.10 Å². The normalized spacial score (nSPS) is 16.2. The maximum atomic E-state index is 13.2. The molecule has 0 bridgehead atoms. The molecule has 1 aliphatic heterocycles. The molecule has 0 radical (unpaired) electrons. The predicted molar refractivity (Wildman–Crippen MR) is 95.3 cm³/mol. The van der Waals surface area contributed by atoms with Crippen LogP contribution in [0.3, 0.4) is 0 Å². The van der Waals surface area contributed by atoms with E-state index in [0.717, 1.165) is 40.1 Å². The smallest absolute Gasteiger partial charge is 0.123 e. The molecule has 0 spiro atoms. The highest BCUT2D eigenvalue weighted by molar-refractivity contribution is 9.10. The van der Waals surface area contributed by atoms with Crippen LogP contribution in [0.25, 0.3) is 11.3 Å². The van der Waals surface area contributed by atoms with Crippen molar-refractivity contribution in [3.63, 3.8) is 0 Å². The van der Waals surface area contributed by atoms with Gasteiger partial charge in [-0.25, -0.2) is 9.07 Å². The molecule has 6 heteroatoms. The Balaban J connectivity index is 1.78. The van der Waals surface area contributed by atoms with Gasteiger partial charge in [0.05, 0.1) is 17.4 Å². The summed E-state index contributed by atoms with van der Waals surface area (Å²) < 4.78 is 16.2. The average molecular weight is 387 g/mol. The summed E-state index contributed by atoms with van der Waals surface area (Å²) in [5.41, 5.74) is 5.24. The molecule has 4 rings (SSSR count). The highest BCUT2D eigenvalue weighted by Gasteiger charge is 2.25. The minimum atomic E-state index is -0.230. The van der Waals surface area contributed by atoms with Gasteiger partial charge in [0, 0.05) is 22.3 Å². The number of rotatable bonds is 2. The van der Waals surface area contributed by atoms with Gasteiger partial charge in [0.1, 0.15) is 5.82 Å². The van der Waals surface area contributed by atoms with Gasteiger partial charge in [-0.3, -0.25) is 0 Å². The Morgan fingerprint density at radius 3 is 2.79 bits per heavy atom. The number of benzene rings is 2. The van der Waals surface area contributed by atoms with Gasteiger partial charge in [0.25, 0.3) is 0 Å². The molecule has 0 fully saturated rings. The van der Waals surface area contributed by atoms with Gasteiger partial charge in [-0.2, -0.15) is 0 Å². The fourth-order valence-corrected chi connectivity index (χ4v) is 3.61. The quantitative estimate of drug-likeness (QED) is 0.693. The van der Waals surface area contributed by atoms with E-state index < -0.39 is 0 Å². The fourth-order valence-electron chi connectivity index (χ4n) is 3.23. The number of anilines is 1. The van der Waals surface area contributed by atoms with Crippen LogP contribution < -0.4 is 5.32 Å². The molecule has 122 valence electrons. The molecule has 0 saturated heterocycles. The maximum absolute atomic E-state index is 13.2. The molecule has 1 atom stereocenters. The standard InChI is InChI=1S/C18H16BrFN4/c1-11-18-15-7-2-12(19)10-16(15)17(8-9-24(18)23-22-11)21-14-5-3-13(20)4-6-14/h2-7,10,17,21H,8-9H2,1H3. The second kappa shape index (κ2) is 6.02. The van der Waals surface area contributed by atoms with Crippen molar-refractivity contribution < 1.29 is 4.39 Å². The van der Waals surface area contributed by atoms with Crippen molar-refractivity contribution in [1.29, 1.82) is 0 Å². The molecule has 2 aromatic carbocycles. The number of aryl methyl sites for hydroxylation is 2. The van der Waals surface area contributed by atoms with Crippen LogP contribution >= 0.6 is 15.9 Å². The van der Waals surface area contributed by atoms with Crippen LogP contribution in [0.15, 0.2) is 46.9 Å². The third-order valence-corrected chi connectivity index (χ3v) is 4.86. The van der Waals surface area contributed by atoms with Crippen LogP contribution in [0.4, 0.5) is 10.1 Å². The zero-order valence-electron chi connectivity index (χ0n) is 13.1. The minimum Gasteiger partial charge on any atom is -0.378 e. The van der Waals surface area contributed by atoms with E-state index in [1.165, 1.54) is 17.7 Å². The number of fused-ring (bicyclic) bond motifs is 3. The van der Waals surface area contributed by atoms with Crippen molar-refractivity contribution in [1.82, 2.24) is 15.0 Å². The van der Waals surface area contributed by atoms with Crippen LogP contribution in [0.5, 0.6) is 0 Å². The topological polar surface area (TPSA) is 42.7 Å². The Bertz CT molecular complexity index is 889. The summed E-state index contributed by atoms with van der Waals surface area (Å²) >= 11 is 3.57. The molecule has 0 aliphatic carbocycles. The molecule has 0 amide bonds. The molecular weight excluding hydrogens is 371 g/mol. The largest absolute Gasteiger partial charge is 0.378 e. The van der Waals surface area contributed by atoms with Gasteiger partial charge >= 0.3 is 0 Å². The maximum Gasteiger partial charge on any atom is 0.123 e. The lowest BCUT2D eigenvalue weighted by molar-refractivity contribution is 0.539. The first-order valence-corrected chi connectivity index (χ1v) is 8.63. The average Bonchev–Trinajstić information content (AvgIpc) is 2.86. The highest BCUT2D eigenvalue weighted by atomic mass is 79.9. The zero-order chi connectivity index (χ0) is 16.7. The molecule has 1 aliphatic rings. The predicted octanol–water partition coefficient (Wildman–Crippen LogP) is 4.71. The van der Waals surface area contributed by atoms with E-state index in [2.05, 4.69) is 43.7 Å². The van der Waals surface area contributed by atoms with Gasteiger partial charge < -0.3 is 5.32 Å². The second-order valence-electron chi connectivity index (χ2n) is 5.97. The molecule has 2 heterocycles. The summed E-state index contributed by atoms with van der Waals surface area (Å²) in [6, 6.07) is 12.9. The molecule has 3 aromatic rings. The second-order valence-corrected chi connectivity index (χ2v) is 6.89. The van der Waals surface area contributed by atoms with Crippen LogP contribution in [0, 0.1) is 12.7 Å². The highest BCUT2D eigenvalue weighted by Crippen LogP contribution is 2.38. The van der Waals surface area contributed by atoms with Gasteiger partial charge in [0.2, 0.25) is 0 Å². The number of hydrogen-bond acceptors (Lipinski definition) is 3. The van der Waals surface area contributed by atoms with Gasteiger partial charge in [-0.05, 0) is 55.3 Å². The van der Waals surface area contributed by atoms with E-state index in [-0.39, 0.29) is 11.9 Å². The van der Waals surface area contributed by atoms with Crippen molar-refractivity contribution in [2.75, 3.05) is 5.32 Å². The number of aromatic nitrogens is 3. The lowest BCUT2D eigenvalue weighted by Gasteiger charge is -2.20. The van der Waals surface area contributed by atoms with E-state index in [9.17, 15) is 4.39 Å². The third-order valence-electron chi connectivity index (χ3n) is 4.36.